The molecule has 2 heteroatoms. The summed E-state index contributed by atoms with van der Waals surface area (Å²) in [5.74, 6) is 0. The fourth-order valence-electron chi connectivity index (χ4n) is 3.41. The van der Waals surface area contributed by atoms with Crippen LogP contribution in [0.3, 0.4) is 0 Å². The molecule has 3 rings (SSSR count). The van der Waals surface area contributed by atoms with Crippen molar-refractivity contribution in [3.05, 3.63) is 34.9 Å². The van der Waals surface area contributed by atoms with E-state index in [1.54, 1.807) is 11.1 Å². The Morgan fingerprint density at radius 1 is 1.28 bits per heavy atom. The number of aryl methyl sites for hydroxylation is 2. The molecule has 2 nitrogen and oxygen atoms in total. The highest BCUT2D eigenvalue weighted by Crippen LogP contribution is 2.30. The minimum atomic E-state index is 0.344. The lowest BCUT2D eigenvalue weighted by atomic mass is 9.90. The predicted octanol–water partition coefficient (Wildman–Crippen LogP) is 2.35. The molecule has 0 amide bonds. The van der Waals surface area contributed by atoms with E-state index in [1.807, 2.05) is 0 Å². The van der Waals surface area contributed by atoms with Crippen LogP contribution in [0.4, 0.5) is 0 Å². The highest BCUT2D eigenvalue weighted by molar-refractivity contribution is 5.35. The molecule has 1 unspecified atom stereocenters. The van der Waals surface area contributed by atoms with Crippen LogP contribution in [-0.4, -0.2) is 24.5 Å². The van der Waals surface area contributed by atoms with Crippen LogP contribution in [0.25, 0.3) is 0 Å². The first-order valence-electron chi connectivity index (χ1n) is 7.22. The standard InChI is InChI=1S/C16H24N2/c1-16(11-17)7-8-18(12-16)10-13-5-6-14-3-2-4-15(14)9-13/h5-6,9H,2-4,7-8,10-12,17H2,1H3. The van der Waals surface area contributed by atoms with E-state index in [2.05, 4.69) is 30.0 Å². The average Bonchev–Trinajstić information content (AvgIpc) is 2.96. The molecule has 2 N–H and O–H groups in total. The molecule has 18 heavy (non-hydrogen) atoms. The molecule has 0 spiro atoms. The second kappa shape index (κ2) is 4.67. The summed E-state index contributed by atoms with van der Waals surface area (Å²) in [4.78, 5) is 2.56. The van der Waals surface area contributed by atoms with Crippen molar-refractivity contribution >= 4 is 0 Å². The number of fused-ring (bicyclic) bond motifs is 1. The summed E-state index contributed by atoms with van der Waals surface area (Å²) in [5, 5.41) is 0. The van der Waals surface area contributed by atoms with Crippen molar-refractivity contribution in [2.75, 3.05) is 19.6 Å². The zero-order valence-electron chi connectivity index (χ0n) is 11.4. The Morgan fingerprint density at radius 3 is 2.89 bits per heavy atom. The Bertz CT molecular complexity index is 441. The van der Waals surface area contributed by atoms with Gasteiger partial charge >= 0.3 is 0 Å². The third-order valence-electron chi connectivity index (χ3n) is 4.70. The zero-order valence-corrected chi connectivity index (χ0v) is 11.4. The molecule has 0 radical (unpaired) electrons. The average molecular weight is 244 g/mol. The Hall–Kier alpha value is -0.860. The highest BCUT2D eigenvalue weighted by Gasteiger charge is 2.32. The first kappa shape index (κ1) is 12.2. The first-order valence-corrected chi connectivity index (χ1v) is 7.22. The molecule has 1 fully saturated rings. The highest BCUT2D eigenvalue weighted by atomic mass is 15.2. The van der Waals surface area contributed by atoms with Gasteiger partial charge in [0.2, 0.25) is 0 Å². The van der Waals surface area contributed by atoms with E-state index in [0.717, 1.165) is 19.6 Å². The normalized spacial score (nSPS) is 27.7. The van der Waals surface area contributed by atoms with Gasteiger partial charge in [-0.15, -0.1) is 0 Å². The molecule has 1 saturated heterocycles. The van der Waals surface area contributed by atoms with Gasteiger partial charge in [0.25, 0.3) is 0 Å². The van der Waals surface area contributed by atoms with Crippen LogP contribution in [-0.2, 0) is 19.4 Å². The van der Waals surface area contributed by atoms with Gasteiger partial charge in [-0.05, 0) is 60.9 Å². The number of nitrogens with zero attached hydrogens (tertiary/aromatic N) is 1. The smallest absolute Gasteiger partial charge is 0.0234 e. The largest absolute Gasteiger partial charge is 0.330 e. The van der Waals surface area contributed by atoms with Crippen molar-refractivity contribution in [2.24, 2.45) is 11.1 Å². The molecule has 0 aromatic heterocycles. The Morgan fingerprint density at radius 2 is 2.11 bits per heavy atom. The maximum atomic E-state index is 5.87. The Kier molecular flexibility index (Phi) is 3.16. The monoisotopic (exact) mass is 244 g/mol. The van der Waals surface area contributed by atoms with E-state index in [1.165, 1.54) is 37.8 Å². The van der Waals surface area contributed by atoms with Gasteiger partial charge in [-0.1, -0.05) is 25.1 Å². The van der Waals surface area contributed by atoms with Crippen molar-refractivity contribution in [2.45, 2.75) is 39.2 Å². The molecular formula is C16H24N2. The molecule has 1 atom stereocenters. The fraction of sp³-hybridized carbons (Fsp3) is 0.625. The van der Waals surface area contributed by atoms with Crippen LogP contribution in [0, 0.1) is 5.41 Å². The lowest BCUT2D eigenvalue weighted by molar-refractivity contribution is 0.274. The van der Waals surface area contributed by atoms with Crippen LogP contribution in [0.2, 0.25) is 0 Å². The van der Waals surface area contributed by atoms with Gasteiger partial charge in [0.05, 0.1) is 0 Å². The van der Waals surface area contributed by atoms with Crippen LogP contribution < -0.4 is 5.73 Å². The van der Waals surface area contributed by atoms with Gasteiger partial charge in [-0.3, -0.25) is 4.90 Å². The molecule has 1 aromatic rings. The summed E-state index contributed by atoms with van der Waals surface area (Å²) in [5.41, 5.74) is 10.9. The molecule has 0 saturated carbocycles. The van der Waals surface area contributed by atoms with E-state index in [9.17, 15) is 0 Å². The van der Waals surface area contributed by atoms with Crippen molar-refractivity contribution in [1.29, 1.82) is 0 Å². The summed E-state index contributed by atoms with van der Waals surface area (Å²) in [6.07, 6.45) is 5.15. The van der Waals surface area contributed by atoms with Crippen molar-refractivity contribution in [3.63, 3.8) is 0 Å². The minimum Gasteiger partial charge on any atom is -0.330 e. The molecule has 1 aromatic carbocycles. The van der Waals surface area contributed by atoms with Gasteiger partial charge in [-0.2, -0.15) is 0 Å². The number of hydrogen-bond donors (Lipinski definition) is 1. The number of benzene rings is 1. The summed E-state index contributed by atoms with van der Waals surface area (Å²) < 4.78 is 0. The van der Waals surface area contributed by atoms with Gasteiger partial charge in [0, 0.05) is 13.1 Å². The lowest BCUT2D eigenvalue weighted by Crippen LogP contribution is -2.31. The molecule has 1 heterocycles. The van der Waals surface area contributed by atoms with Gasteiger partial charge in [-0.25, -0.2) is 0 Å². The lowest BCUT2D eigenvalue weighted by Gasteiger charge is -2.22. The molecule has 2 aliphatic rings. The Balaban J connectivity index is 1.67. The molecule has 98 valence electrons. The van der Waals surface area contributed by atoms with E-state index in [4.69, 9.17) is 5.73 Å². The first-order chi connectivity index (χ1) is 8.68. The third kappa shape index (κ3) is 2.32. The zero-order chi connectivity index (χ0) is 12.6. The molecular weight excluding hydrogens is 220 g/mol. The number of hydrogen-bond acceptors (Lipinski definition) is 2. The maximum absolute atomic E-state index is 5.87. The van der Waals surface area contributed by atoms with E-state index < -0.39 is 0 Å². The fourth-order valence-corrected chi connectivity index (χ4v) is 3.41. The summed E-state index contributed by atoms with van der Waals surface area (Å²) in [7, 11) is 0. The van der Waals surface area contributed by atoms with Crippen LogP contribution in [0.5, 0.6) is 0 Å². The van der Waals surface area contributed by atoms with E-state index in [0.29, 0.717) is 5.41 Å². The number of nitrogens with two attached hydrogens (primary N) is 1. The molecule has 1 aliphatic heterocycles. The van der Waals surface area contributed by atoms with E-state index in [-0.39, 0.29) is 0 Å². The molecule has 0 bridgehead atoms. The van der Waals surface area contributed by atoms with Gasteiger partial charge < -0.3 is 5.73 Å². The number of rotatable bonds is 3. The Labute approximate surface area is 110 Å². The van der Waals surface area contributed by atoms with Crippen molar-refractivity contribution in [3.8, 4) is 0 Å². The predicted molar refractivity (Wildman–Crippen MR) is 75.5 cm³/mol. The van der Waals surface area contributed by atoms with Gasteiger partial charge in [0.15, 0.2) is 0 Å². The topological polar surface area (TPSA) is 29.3 Å². The van der Waals surface area contributed by atoms with Crippen LogP contribution >= 0.6 is 0 Å². The van der Waals surface area contributed by atoms with Crippen molar-refractivity contribution < 1.29 is 0 Å². The summed E-state index contributed by atoms with van der Waals surface area (Å²) >= 11 is 0. The molecule has 1 aliphatic carbocycles. The van der Waals surface area contributed by atoms with E-state index >= 15 is 0 Å². The SMILES string of the molecule is CC1(CN)CCN(Cc2ccc3c(c2)CCC3)C1. The third-order valence-corrected chi connectivity index (χ3v) is 4.70. The number of likely N-dealkylation sites (tertiary alicyclic amines) is 1. The second-order valence-electron chi connectivity index (χ2n) is 6.43. The minimum absolute atomic E-state index is 0.344. The second-order valence-corrected chi connectivity index (χ2v) is 6.43. The maximum Gasteiger partial charge on any atom is 0.0234 e. The van der Waals surface area contributed by atoms with Crippen LogP contribution in [0.1, 0.15) is 36.5 Å². The van der Waals surface area contributed by atoms with Gasteiger partial charge in [0.1, 0.15) is 0 Å². The quantitative estimate of drug-likeness (QED) is 0.884. The summed E-state index contributed by atoms with van der Waals surface area (Å²) in [6.45, 7) is 6.58. The summed E-state index contributed by atoms with van der Waals surface area (Å²) in [6, 6.07) is 7.10. The van der Waals surface area contributed by atoms with Crippen LogP contribution in [0.15, 0.2) is 18.2 Å². The van der Waals surface area contributed by atoms with Crippen molar-refractivity contribution in [1.82, 2.24) is 4.90 Å².